The van der Waals surface area contributed by atoms with E-state index in [1.54, 1.807) is 12.1 Å². The van der Waals surface area contributed by atoms with Gasteiger partial charge in [-0.05, 0) is 23.8 Å². The summed E-state index contributed by atoms with van der Waals surface area (Å²) in [6.45, 7) is 0.330. The third-order valence-corrected chi connectivity index (χ3v) is 4.76. The lowest BCUT2D eigenvalue weighted by atomic mass is 10.1. The third-order valence-electron chi connectivity index (χ3n) is 3.09. The minimum atomic E-state index is -0.282. The van der Waals surface area contributed by atoms with Crippen LogP contribution >= 0.6 is 27.3 Å². The zero-order valence-electron chi connectivity index (χ0n) is 11.0. The fraction of sp³-hybridized carbons (Fsp3) is 0.0625. The van der Waals surface area contributed by atoms with Crippen LogP contribution in [0, 0.1) is 5.82 Å². The number of nitrogens with two attached hydrogens (primary N) is 1. The van der Waals surface area contributed by atoms with Gasteiger partial charge in [0.15, 0.2) is 0 Å². The first-order chi connectivity index (χ1) is 10.2. The first kappa shape index (κ1) is 14.4. The molecule has 0 radical (unpaired) electrons. The van der Waals surface area contributed by atoms with Crippen LogP contribution in [0.25, 0.3) is 21.0 Å². The minimum absolute atomic E-state index is 0.282. The molecule has 2 aromatic carbocycles. The van der Waals surface area contributed by atoms with E-state index < -0.39 is 0 Å². The summed E-state index contributed by atoms with van der Waals surface area (Å²) in [7, 11) is 0. The van der Waals surface area contributed by atoms with E-state index >= 15 is 0 Å². The van der Waals surface area contributed by atoms with E-state index in [0.29, 0.717) is 17.1 Å². The van der Waals surface area contributed by atoms with Gasteiger partial charge in [0.05, 0.1) is 10.6 Å². The molecule has 0 saturated carbocycles. The van der Waals surface area contributed by atoms with Gasteiger partial charge in [0, 0.05) is 16.6 Å². The summed E-state index contributed by atoms with van der Waals surface area (Å²) < 4.78 is 14.8. The van der Waals surface area contributed by atoms with Crippen molar-refractivity contribution in [1.82, 2.24) is 4.98 Å². The Morgan fingerprint density at radius 3 is 2.62 bits per heavy atom. The van der Waals surface area contributed by atoms with Crippen LogP contribution in [0.3, 0.4) is 0 Å². The van der Waals surface area contributed by atoms with Crippen molar-refractivity contribution in [3.05, 3.63) is 64.5 Å². The fourth-order valence-electron chi connectivity index (χ4n) is 2.08. The highest BCUT2D eigenvalue weighted by Crippen LogP contribution is 2.37. The van der Waals surface area contributed by atoms with Crippen molar-refractivity contribution in [3.8, 4) is 21.0 Å². The summed E-state index contributed by atoms with van der Waals surface area (Å²) in [6.07, 6.45) is 0. The Morgan fingerprint density at radius 2 is 1.90 bits per heavy atom. The number of benzene rings is 2. The van der Waals surface area contributed by atoms with Gasteiger partial charge in [0.25, 0.3) is 0 Å². The minimum Gasteiger partial charge on any atom is -0.325 e. The summed E-state index contributed by atoms with van der Waals surface area (Å²) in [6, 6.07) is 14.8. The molecule has 0 aliphatic rings. The summed E-state index contributed by atoms with van der Waals surface area (Å²) in [5, 5.41) is 0.646. The molecule has 1 aromatic heterocycles. The molecule has 0 spiro atoms. The Kier molecular flexibility index (Phi) is 4.14. The van der Waals surface area contributed by atoms with Gasteiger partial charge in [-0.3, -0.25) is 0 Å². The maximum atomic E-state index is 14.0. The predicted molar refractivity (Wildman–Crippen MR) is 88.5 cm³/mol. The number of nitrogens with zero attached hydrogens (tertiary/aromatic N) is 1. The van der Waals surface area contributed by atoms with Gasteiger partial charge in [-0.1, -0.05) is 46.3 Å². The van der Waals surface area contributed by atoms with E-state index in [1.165, 1.54) is 17.4 Å². The summed E-state index contributed by atoms with van der Waals surface area (Å²) in [5.41, 5.74) is 8.13. The van der Waals surface area contributed by atoms with Crippen LogP contribution < -0.4 is 5.73 Å². The molecule has 0 atom stereocenters. The Balaban J connectivity index is 2.14. The maximum Gasteiger partial charge on any atom is 0.133 e. The number of aromatic nitrogens is 1. The van der Waals surface area contributed by atoms with Crippen LogP contribution in [0.5, 0.6) is 0 Å². The van der Waals surface area contributed by atoms with Gasteiger partial charge in [-0.15, -0.1) is 11.3 Å². The predicted octanol–water partition coefficient (Wildman–Crippen LogP) is 4.84. The highest BCUT2D eigenvalue weighted by Gasteiger charge is 2.15. The Hall–Kier alpha value is -1.56. The van der Waals surface area contributed by atoms with Gasteiger partial charge in [-0.2, -0.15) is 0 Å². The van der Waals surface area contributed by atoms with E-state index in [0.717, 1.165) is 20.6 Å². The number of rotatable bonds is 3. The normalized spacial score (nSPS) is 10.8. The molecular weight excluding hydrogens is 351 g/mol. The van der Waals surface area contributed by atoms with E-state index in [4.69, 9.17) is 5.73 Å². The fourth-order valence-corrected chi connectivity index (χ4v) is 3.56. The number of thiazole rings is 1. The molecule has 1 heterocycles. The Bertz CT molecular complexity index is 771. The molecule has 2 N–H and O–H groups in total. The number of hydrogen-bond donors (Lipinski definition) is 1. The van der Waals surface area contributed by atoms with Crippen molar-refractivity contribution >= 4 is 27.3 Å². The van der Waals surface area contributed by atoms with Crippen LogP contribution in [-0.4, -0.2) is 4.98 Å². The van der Waals surface area contributed by atoms with Crippen molar-refractivity contribution in [2.24, 2.45) is 5.73 Å². The van der Waals surface area contributed by atoms with E-state index in [9.17, 15) is 4.39 Å². The second-order valence-corrected chi connectivity index (χ2v) is 6.40. The molecule has 0 fully saturated rings. The quantitative estimate of drug-likeness (QED) is 0.723. The smallest absolute Gasteiger partial charge is 0.133 e. The van der Waals surface area contributed by atoms with Crippen molar-refractivity contribution in [2.75, 3.05) is 0 Å². The SMILES string of the molecule is NCc1nc(-c2cc(Br)ccc2F)sc1-c1ccccc1. The summed E-state index contributed by atoms with van der Waals surface area (Å²) in [4.78, 5) is 5.50. The van der Waals surface area contributed by atoms with Gasteiger partial charge in [-0.25, -0.2) is 9.37 Å². The molecule has 2 nitrogen and oxygen atoms in total. The maximum absolute atomic E-state index is 14.0. The molecule has 0 aliphatic carbocycles. The van der Waals surface area contributed by atoms with Crippen LogP contribution in [0.1, 0.15) is 5.69 Å². The molecule has 0 bridgehead atoms. The lowest BCUT2D eigenvalue weighted by molar-refractivity contribution is 0.631. The molecule has 0 aliphatic heterocycles. The van der Waals surface area contributed by atoms with E-state index in [2.05, 4.69) is 20.9 Å². The first-order valence-corrected chi connectivity index (χ1v) is 8.00. The second kappa shape index (κ2) is 6.05. The van der Waals surface area contributed by atoms with Crippen molar-refractivity contribution < 1.29 is 4.39 Å². The molecule has 5 heteroatoms. The lowest BCUT2D eigenvalue weighted by Gasteiger charge is -1.99. The Morgan fingerprint density at radius 1 is 1.14 bits per heavy atom. The van der Waals surface area contributed by atoms with Crippen LogP contribution in [0.2, 0.25) is 0 Å². The molecule has 0 amide bonds. The monoisotopic (exact) mass is 362 g/mol. The summed E-state index contributed by atoms with van der Waals surface area (Å²) in [5.74, 6) is -0.282. The van der Waals surface area contributed by atoms with E-state index in [1.807, 2.05) is 30.3 Å². The van der Waals surface area contributed by atoms with Gasteiger partial charge in [0.1, 0.15) is 10.8 Å². The number of halogens is 2. The first-order valence-electron chi connectivity index (χ1n) is 6.39. The second-order valence-electron chi connectivity index (χ2n) is 4.49. The molecule has 0 unspecified atom stereocenters. The van der Waals surface area contributed by atoms with E-state index in [-0.39, 0.29) is 5.82 Å². The largest absolute Gasteiger partial charge is 0.325 e. The Labute approximate surface area is 134 Å². The zero-order chi connectivity index (χ0) is 14.8. The van der Waals surface area contributed by atoms with Crippen LogP contribution in [0.4, 0.5) is 4.39 Å². The standard InChI is InChI=1S/C16H12BrFN2S/c17-11-6-7-13(18)12(8-11)16-20-14(9-19)15(21-16)10-4-2-1-3-5-10/h1-8H,9,19H2. The molecular formula is C16H12BrFN2S. The van der Waals surface area contributed by atoms with Gasteiger partial charge in [0.2, 0.25) is 0 Å². The average Bonchev–Trinajstić information content (AvgIpc) is 2.94. The van der Waals surface area contributed by atoms with Crippen molar-refractivity contribution in [3.63, 3.8) is 0 Å². The summed E-state index contributed by atoms with van der Waals surface area (Å²) >= 11 is 4.83. The highest BCUT2D eigenvalue weighted by molar-refractivity contribution is 9.10. The lowest BCUT2D eigenvalue weighted by Crippen LogP contribution is -1.98. The molecule has 0 saturated heterocycles. The van der Waals surface area contributed by atoms with Crippen LogP contribution in [0.15, 0.2) is 53.0 Å². The molecule has 3 aromatic rings. The molecule has 21 heavy (non-hydrogen) atoms. The van der Waals surface area contributed by atoms with Gasteiger partial charge >= 0.3 is 0 Å². The highest BCUT2D eigenvalue weighted by atomic mass is 79.9. The van der Waals surface area contributed by atoms with Crippen molar-refractivity contribution in [1.29, 1.82) is 0 Å². The molecule has 3 rings (SSSR count). The topological polar surface area (TPSA) is 38.9 Å². The van der Waals surface area contributed by atoms with Crippen molar-refractivity contribution in [2.45, 2.75) is 6.54 Å². The third kappa shape index (κ3) is 2.90. The van der Waals surface area contributed by atoms with Crippen LogP contribution in [-0.2, 0) is 6.54 Å². The zero-order valence-corrected chi connectivity index (χ0v) is 13.4. The average molecular weight is 363 g/mol. The number of hydrogen-bond acceptors (Lipinski definition) is 3. The van der Waals surface area contributed by atoms with Gasteiger partial charge < -0.3 is 5.73 Å². The molecule has 106 valence electrons.